The predicted molar refractivity (Wildman–Crippen MR) is 124 cm³/mol. The van der Waals surface area contributed by atoms with Gasteiger partial charge in [0.05, 0.1) is 11.4 Å². The Labute approximate surface area is 191 Å². The van der Waals surface area contributed by atoms with Gasteiger partial charge in [0.1, 0.15) is 11.5 Å². The Morgan fingerprint density at radius 3 is 2.64 bits per heavy atom. The average Bonchev–Trinajstić information content (AvgIpc) is 3.37. The predicted octanol–water partition coefficient (Wildman–Crippen LogP) is 4.75. The van der Waals surface area contributed by atoms with Gasteiger partial charge in [0.15, 0.2) is 5.65 Å². The standard InChI is InChI=1S/C25H28N4O4/c1-13-11-17(21-14(2)28-33-15(21)3)9-10-18(13)23-22(16-7-5-4-6-8-16)24(30)29-20(26-23)12-19(27-29)25(31)32/h9-13,16,18,27H,4-8H2,1-3H3,(H,31,32)/t13-,18?/m1/s1. The van der Waals surface area contributed by atoms with E-state index >= 15 is 0 Å². The average molecular weight is 449 g/mol. The molecule has 0 bridgehead atoms. The molecule has 8 heteroatoms. The molecular weight excluding hydrogens is 420 g/mol. The molecule has 0 aliphatic heterocycles. The molecule has 5 rings (SSSR count). The highest BCUT2D eigenvalue weighted by molar-refractivity contribution is 5.86. The fraction of sp³-hybridized carbons (Fsp3) is 0.440. The number of aromatic carboxylic acids is 1. The highest BCUT2D eigenvalue weighted by Crippen LogP contribution is 2.40. The van der Waals surface area contributed by atoms with Crippen LogP contribution in [0.2, 0.25) is 0 Å². The minimum atomic E-state index is -1.11. The molecule has 3 aromatic heterocycles. The number of allylic oxidation sites excluding steroid dienone is 4. The van der Waals surface area contributed by atoms with Gasteiger partial charge in [-0.25, -0.2) is 14.3 Å². The second-order valence-corrected chi connectivity index (χ2v) is 9.28. The first-order valence-corrected chi connectivity index (χ1v) is 11.6. The molecule has 172 valence electrons. The minimum absolute atomic E-state index is 0.0424. The van der Waals surface area contributed by atoms with E-state index in [1.54, 1.807) is 0 Å². The lowest BCUT2D eigenvalue weighted by Gasteiger charge is -2.28. The van der Waals surface area contributed by atoms with Crippen molar-refractivity contribution < 1.29 is 14.4 Å². The van der Waals surface area contributed by atoms with Crippen molar-refractivity contribution in [3.05, 3.63) is 68.6 Å². The molecule has 8 nitrogen and oxygen atoms in total. The van der Waals surface area contributed by atoms with Gasteiger partial charge in [0.2, 0.25) is 0 Å². The second-order valence-electron chi connectivity index (χ2n) is 9.28. The molecule has 0 aromatic carbocycles. The summed E-state index contributed by atoms with van der Waals surface area (Å²) in [5, 5.41) is 16.2. The third-order valence-corrected chi connectivity index (χ3v) is 7.05. The third kappa shape index (κ3) is 3.63. The molecule has 2 atom stereocenters. The molecule has 1 unspecified atom stereocenters. The minimum Gasteiger partial charge on any atom is -0.477 e. The normalized spacial score (nSPS) is 21.5. The summed E-state index contributed by atoms with van der Waals surface area (Å²) < 4.78 is 6.64. The zero-order chi connectivity index (χ0) is 23.3. The molecule has 2 aliphatic rings. The van der Waals surface area contributed by atoms with Crippen LogP contribution in [0.25, 0.3) is 11.2 Å². The van der Waals surface area contributed by atoms with E-state index in [2.05, 4.69) is 35.4 Å². The molecule has 33 heavy (non-hydrogen) atoms. The highest BCUT2D eigenvalue weighted by atomic mass is 16.5. The lowest BCUT2D eigenvalue weighted by atomic mass is 9.77. The van der Waals surface area contributed by atoms with Gasteiger partial charge in [-0.1, -0.05) is 49.6 Å². The largest absolute Gasteiger partial charge is 0.477 e. The molecule has 2 aliphatic carbocycles. The molecule has 3 aromatic rings. The summed E-state index contributed by atoms with van der Waals surface area (Å²) in [6, 6.07) is 1.43. The number of aromatic nitrogens is 4. The summed E-state index contributed by atoms with van der Waals surface area (Å²) in [5.74, 6) is -0.182. The van der Waals surface area contributed by atoms with Crippen molar-refractivity contribution in [3.8, 4) is 0 Å². The summed E-state index contributed by atoms with van der Waals surface area (Å²) in [6.07, 6.45) is 11.6. The Morgan fingerprint density at radius 2 is 2.00 bits per heavy atom. The second kappa shape index (κ2) is 8.17. The van der Waals surface area contributed by atoms with Gasteiger partial charge in [-0.3, -0.25) is 9.89 Å². The first-order valence-electron chi connectivity index (χ1n) is 11.6. The lowest BCUT2D eigenvalue weighted by molar-refractivity contribution is 0.0690. The molecule has 0 radical (unpaired) electrons. The van der Waals surface area contributed by atoms with E-state index in [4.69, 9.17) is 9.51 Å². The summed E-state index contributed by atoms with van der Waals surface area (Å²) in [6.45, 7) is 5.96. The van der Waals surface area contributed by atoms with E-state index in [9.17, 15) is 14.7 Å². The van der Waals surface area contributed by atoms with Gasteiger partial charge < -0.3 is 9.63 Å². The number of hydrogen-bond acceptors (Lipinski definition) is 5. The highest BCUT2D eigenvalue weighted by Gasteiger charge is 2.31. The fourth-order valence-electron chi connectivity index (χ4n) is 5.42. The van der Waals surface area contributed by atoms with Crippen LogP contribution in [0.1, 0.15) is 89.6 Å². The number of fused-ring (bicyclic) bond motifs is 1. The Hall–Kier alpha value is -3.42. The van der Waals surface area contributed by atoms with Crippen LogP contribution in [0, 0.1) is 19.8 Å². The third-order valence-electron chi connectivity index (χ3n) is 7.05. The number of nitrogens with one attached hydrogen (secondary N) is 1. The van der Waals surface area contributed by atoms with Crippen molar-refractivity contribution in [2.75, 3.05) is 0 Å². The molecule has 2 N–H and O–H groups in total. The Balaban J connectivity index is 1.63. The van der Waals surface area contributed by atoms with Gasteiger partial charge in [0, 0.05) is 23.1 Å². The summed E-state index contributed by atoms with van der Waals surface area (Å²) in [7, 11) is 0. The van der Waals surface area contributed by atoms with Crippen LogP contribution in [0.5, 0.6) is 0 Å². The van der Waals surface area contributed by atoms with E-state index in [0.29, 0.717) is 5.65 Å². The van der Waals surface area contributed by atoms with Crippen LogP contribution in [0.15, 0.2) is 33.6 Å². The topological polar surface area (TPSA) is 113 Å². The quantitative estimate of drug-likeness (QED) is 0.596. The fourth-order valence-corrected chi connectivity index (χ4v) is 5.42. The Bertz CT molecular complexity index is 1330. The number of hydrogen-bond donors (Lipinski definition) is 2. The maximum atomic E-state index is 13.6. The van der Waals surface area contributed by atoms with Crippen molar-refractivity contribution in [2.24, 2.45) is 5.92 Å². The maximum Gasteiger partial charge on any atom is 0.353 e. The Kier molecular flexibility index (Phi) is 5.31. The van der Waals surface area contributed by atoms with Crippen molar-refractivity contribution >= 4 is 17.2 Å². The zero-order valence-corrected chi connectivity index (χ0v) is 19.1. The summed E-state index contributed by atoms with van der Waals surface area (Å²) in [4.78, 5) is 30.0. The number of carboxylic acid groups (broad SMARTS) is 1. The molecule has 1 saturated carbocycles. The SMILES string of the molecule is Cc1noc(C)c1C1=C[C@@H](C)C(c2nc3cc(C(=O)O)[nH]n3c(=O)c2C2CCCCC2)C=C1. The van der Waals surface area contributed by atoms with E-state index in [1.807, 2.05) is 13.8 Å². The number of rotatable bonds is 4. The monoisotopic (exact) mass is 448 g/mol. The maximum absolute atomic E-state index is 13.6. The number of carbonyl (C=O) groups is 1. The van der Waals surface area contributed by atoms with Crippen molar-refractivity contribution in [1.29, 1.82) is 0 Å². The molecule has 0 saturated heterocycles. The zero-order valence-electron chi connectivity index (χ0n) is 19.1. The van der Waals surface area contributed by atoms with Crippen LogP contribution in [-0.4, -0.2) is 30.8 Å². The molecule has 1 fully saturated rings. The van der Waals surface area contributed by atoms with Crippen molar-refractivity contribution in [3.63, 3.8) is 0 Å². The molecule has 3 heterocycles. The first kappa shape index (κ1) is 21.4. The van der Waals surface area contributed by atoms with Crippen LogP contribution >= 0.6 is 0 Å². The number of H-pyrrole nitrogens is 1. The number of carboxylic acids is 1. The van der Waals surface area contributed by atoms with E-state index in [0.717, 1.165) is 59.5 Å². The van der Waals surface area contributed by atoms with Gasteiger partial charge in [0.25, 0.3) is 5.56 Å². The van der Waals surface area contributed by atoms with Gasteiger partial charge >= 0.3 is 5.97 Å². The number of nitrogens with zero attached hydrogens (tertiary/aromatic N) is 3. The first-order chi connectivity index (χ1) is 15.8. The van der Waals surface area contributed by atoms with Gasteiger partial charge in [-0.15, -0.1) is 0 Å². The van der Waals surface area contributed by atoms with Crippen LogP contribution in [0.3, 0.4) is 0 Å². The lowest BCUT2D eigenvalue weighted by Crippen LogP contribution is -2.28. The van der Waals surface area contributed by atoms with Crippen molar-refractivity contribution in [2.45, 2.75) is 64.7 Å². The van der Waals surface area contributed by atoms with E-state index in [1.165, 1.54) is 17.0 Å². The molecular formula is C25H28N4O4. The van der Waals surface area contributed by atoms with Crippen LogP contribution in [-0.2, 0) is 0 Å². The number of aromatic amines is 1. The summed E-state index contributed by atoms with van der Waals surface area (Å²) in [5.41, 5.74) is 4.51. The van der Waals surface area contributed by atoms with Crippen LogP contribution in [0.4, 0.5) is 0 Å². The van der Waals surface area contributed by atoms with Gasteiger partial charge in [-0.05, 0) is 44.1 Å². The molecule has 0 spiro atoms. The van der Waals surface area contributed by atoms with Crippen LogP contribution < -0.4 is 5.56 Å². The molecule has 0 amide bonds. The number of aryl methyl sites for hydroxylation is 2. The van der Waals surface area contributed by atoms with E-state index in [-0.39, 0.29) is 29.0 Å². The van der Waals surface area contributed by atoms with Gasteiger partial charge in [-0.2, -0.15) is 0 Å². The van der Waals surface area contributed by atoms with Crippen molar-refractivity contribution in [1.82, 2.24) is 19.8 Å². The smallest absolute Gasteiger partial charge is 0.353 e. The Morgan fingerprint density at radius 1 is 1.24 bits per heavy atom. The summed E-state index contributed by atoms with van der Waals surface area (Å²) >= 11 is 0. The van der Waals surface area contributed by atoms with E-state index < -0.39 is 5.97 Å².